The average molecular weight is 252 g/mol. The quantitative estimate of drug-likeness (QED) is 0.650. The van der Waals surface area contributed by atoms with Crippen LogP contribution in [0.3, 0.4) is 0 Å². The van der Waals surface area contributed by atoms with Crippen LogP contribution in [-0.4, -0.2) is 35.8 Å². The minimum absolute atomic E-state index is 0.0275. The summed E-state index contributed by atoms with van der Waals surface area (Å²) < 4.78 is 5.29. The molecule has 18 heavy (non-hydrogen) atoms. The molecule has 1 aliphatic heterocycles. The van der Waals surface area contributed by atoms with Gasteiger partial charge in [0, 0.05) is 30.9 Å². The van der Waals surface area contributed by atoms with Crippen molar-refractivity contribution < 1.29 is 14.8 Å². The van der Waals surface area contributed by atoms with Crippen molar-refractivity contribution in [1.82, 2.24) is 0 Å². The van der Waals surface area contributed by atoms with Crippen molar-refractivity contribution in [2.75, 3.05) is 24.6 Å². The highest BCUT2D eigenvalue weighted by Crippen LogP contribution is 2.32. The molecule has 1 saturated heterocycles. The summed E-state index contributed by atoms with van der Waals surface area (Å²) in [5.41, 5.74) is 0.820. The van der Waals surface area contributed by atoms with Crippen molar-refractivity contribution in [1.29, 1.82) is 0 Å². The van der Waals surface area contributed by atoms with Crippen molar-refractivity contribution >= 4 is 11.4 Å². The van der Waals surface area contributed by atoms with Gasteiger partial charge in [-0.2, -0.15) is 0 Å². The molecular weight excluding hydrogens is 236 g/mol. The van der Waals surface area contributed by atoms with Crippen LogP contribution < -0.4 is 9.64 Å². The van der Waals surface area contributed by atoms with Gasteiger partial charge in [-0.25, -0.2) is 0 Å². The molecule has 6 heteroatoms. The zero-order valence-corrected chi connectivity index (χ0v) is 10.2. The lowest BCUT2D eigenvalue weighted by Crippen LogP contribution is -2.21. The minimum Gasteiger partial charge on any atom is -0.487 e. The van der Waals surface area contributed by atoms with Crippen LogP contribution in [0.25, 0.3) is 0 Å². The number of aliphatic hydroxyl groups is 1. The Labute approximate surface area is 105 Å². The van der Waals surface area contributed by atoms with Gasteiger partial charge in [0.1, 0.15) is 0 Å². The van der Waals surface area contributed by atoms with E-state index in [2.05, 4.69) is 0 Å². The molecule has 0 aliphatic carbocycles. The van der Waals surface area contributed by atoms with E-state index < -0.39 is 4.92 Å². The van der Waals surface area contributed by atoms with Crippen molar-refractivity contribution in [2.45, 2.75) is 19.4 Å². The van der Waals surface area contributed by atoms with Gasteiger partial charge in [0.05, 0.1) is 17.6 Å². The summed E-state index contributed by atoms with van der Waals surface area (Å²) in [6.45, 7) is 3.48. The van der Waals surface area contributed by atoms with Crippen LogP contribution in [0.4, 0.5) is 11.4 Å². The Morgan fingerprint density at radius 2 is 2.39 bits per heavy atom. The van der Waals surface area contributed by atoms with Gasteiger partial charge < -0.3 is 14.7 Å². The lowest BCUT2D eigenvalue weighted by Gasteiger charge is -2.18. The van der Waals surface area contributed by atoms with Gasteiger partial charge in [0.2, 0.25) is 0 Å². The van der Waals surface area contributed by atoms with E-state index in [0.717, 1.165) is 18.7 Å². The molecule has 0 spiro atoms. The van der Waals surface area contributed by atoms with Gasteiger partial charge in [-0.3, -0.25) is 10.1 Å². The second-order valence-corrected chi connectivity index (χ2v) is 4.23. The van der Waals surface area contributed by atoms with Crippen molar-refractivity contribution in [3.05, 3.63) is 28.3 Å². The SMILES string of the molecule is CCOc1cc(N2CCC(O)C2)ccc1[N+](=O)[O-]. The fourth-order valence-electron chi connectivity index (χ4n) is 2.10. The maximum atomic E-state index is 10.9. The van der Waals surface area contributed by atoms with Crippen molar-refractivity contribution in [2.24, 2.45) is 0 Å². The molecule has 0 saturated carbocycles. The number of nitro groups is 1. The number of benzene rings is 1. The maximum Gasteiger partial charge on any atom is 0.311 e. The van der Waals surface area contributed by atoms with Gasteiger partial charge in [0.15, 0.2) is 5.75 Å². The zero-order valence-electron chi connectivity index (χ0n) is 10.2. The Balaban J connectivity index is 2.28. The van der Waals surface area contributed by atoms with Crippen LogP contribution in [-0.2, 0) is 0 Å². The maximum absolute atomic E-state index is 10.9. The molecule has 1 aliphatic rings. The van der Waals surface area contributed by atoms with Gasteiger partial charge in [-0.15, -0.1) is 0 Å². The largest absolute Gasteiger partial charge is 0.487 e. The van der Waals surface area contributed by atoms with E-state index in [-0.39, 0.29) is 17.5 Å². The van der Waals surface area contributed by atoms with Crippen LogP contribution in [0.15, 0.2) is 18.2 Å². The molecule has 1 unspecified atom stereocenters. The Bertz CT molecular complexity index is 450. The molecule has 0 bridgehead atoms. The van der Waals surface area contributed by atoms with E-state index in [1.165, 1.54) is 6.07 Å². The Hall–Kier alpha value is -1.82. The topological polar surface area (TPSA) is 75.8 Å². The number of aliphatic hydroxyl groups excluding tert-OH is 1. The highest BCUT2D eigenvalue weighted by atomic mass is 16.6. The van der Waals surface area contributed by atoms with E-state index in [0.29, 0.717) is 13.2 Å². The third-order valence-corrected chi connectivity index (χ3v) is 2.97. The second kappa shape index (κ2) is 5.22. The van der Waals surface area contributed by atoms with Gasteiger partial charge >= 0.3 is 5.69 Å². The first kappa shape index (κ1) is 12.6. The molecule has 1 atom stereocenters. The predicted molar refractivity (Wildman–Crippen MR) is 67.1 cm³/mol. The van der Waals surface area contributed by atoms with Gasteiger partial charge in [-0.1, -0.05) is 0 Å². The van der Waals surface area contributed by atoms with Crippen molar-refractivity contribution in [3.8, 4) is 5.75 Å². The molecule has 6 nitrogen and oxygen atoms in total. The number of β-amino-alcohol motifs (C(OH)–C–C–N with tert-alkyl or cyclic N) is 1. The first-order valence-corrected chi connectivity index (χ1v) is 5.96. The summed E-state index contributed by atoms with van der Waals surface area (Å²) in [5, 5.41) is 20.3. The first-order valence-electron chi connectivity index (χ1n) is 5.96. The number of hydrogen-bond donors (Lipinski definition) is 1. The number of nitrogens with zero attached hydrogens (tertiary/aromatic N) is 2. The summed E-state index contributed by atoms with van der Waals surface area (Å²) in [6, 6.07) is 4.81. The number of anilines is 1. The van der Waals surface area contributed by atoms with E-state index in [1.807, 2.05) is 4.90 Å². The Morgan fingerprint density at radius 1 is 1.61 bits per heavy atom. The van der Waals surface area contributed by atoms with E-state index in [9.17, 15) is 15.2 Å². The van der Waals surface area contributed by atoms with Gasteiger partial charge in [0.25, 0.3) is 0 Å². The highest BCUT2D eigenvalue weighted by molar-refractivity contribution is 5.59. The average Bonchev–Trinajstić information content (AvgIpc) is 2.76. The van der Waals surface area contributed by atoms with Crippen LogP contribution >= 0.6 is 0 Å². The minimum atomic E-state index is -0.451. The van der Waals surface area contributed by atoms with E-state index >= 15 is 0 Å². The molecule has 0 radical (unpaired) electrons. The van der Waals surface area contributed by atoms with Crippen molar-refractivity contribution in [3.63, 3.8) is 0 Å². The lowest BCUT2D eigenvalue weighted by molar-refractivity contribution is -0.385. The first-order chi connectivity index (χ1) is 8.61. The molecule has 1 N–H and O–H groups in total. The Kier molecular flexibility index (Phi) is 3.66. The Morgan fingerprint density at radius 3 is 2.94 bits per heavy atom. The van der Waals surface area contributed by atoms with Crippen LogP contribution in [0.1, 0.15) is 13.3 Å². The van der Waals surface area contributed by atoms with Crippen LogP contribution in [0.5, 0.6) is 5.75 Å². The van der Waals surface area contributed by atoms with E-state index in [4.69, 9.17) is 4.74 Å². The fraction of sp³-hybridized carbons (Fsp3) is 0.500. The molecular formula is C12H16N2O4. The molecule has 2 rings (SSSR count). The van der Waals surface area contributed by atoms with Crippen LogP contribution in [0, 0.1) is 10.1 Å². The number of nitro benzene ring substituents is 1. The molecule has 1 aromatic carbocycles. The summed E-state index contributed by atoms with van der Waals surface area (Å²) in [7, 11) is 0. The summed E-state index contributed by atoms with van der Waals surface area (Å²) in [6.07, 6.45) is 0.400. The number of hydrogen-bond acceptors (Lipinski definition) is 5. The lowest BCUT2D eigenvalue weighted by atomic mass is 10.2. The van der Waals surface area contributed by atoms with Crippen LogP contribution in [0.2, 0.25) is 0 Å². The summed E-state index contributed by atoms with van der Waals surface area (Å²) in [4.78, 5) is 12.4. The summed E-state index contributed by atoms with van der Waals surface area (Å²) >= 11 is 0. The molecule has 1 heterocycles. The smallest absolute Gasteiger partial charge is 0.311 e. The molecule has 1 fully saturated rings. The number of rotatable bonds is 4. The summed E-state index contributed by atoms with van der Waals surface area (Å²) in [5.74, 6) is 0.279. The highest BCUT2D eigenvalue weighted by Gasteiger charge is 2.23. The third kappa shape index (κ3) is 2.53. The monoisotopic (exact) mass is 252 g/mol. The molecule has 0 aromatic heterocycles. The zero-order chi connectivity index (χ0) is 13.1. The molecule has 1 aromatic rings. The molecule has 0 amide bonds. The third-order valence-electron chi connectivity index (χ3n) is 2.97. The normalized spacial score (nSPS) is 19.0. The van der Waals surface area contributed by atoms with E-state index in [1.54, 1.807) is 19.1 Å². The fourth-order valence-corrected chi connectivity index (χ4v) is 2.10. The molecule has 98 valence electrons. The standard InChI is InChI=1S/C12H16N2O4/c1-2-18-12-7-9(3-4-11(12)14(16)17)13-6-5-10(15)8-13/h3-4,7,10,15H,2,5-6,8H2,1H3. The second-order valence-electron chi connectivity index (χ2n) is 4.23. The number of ether oxygens (including phenoxy) is 1. The van der Waals surface area contributed by atoms with Gasteiger partial charge in [-0.05, 0) is 19.4 Å². The predicted octanol–water partition coefficient (Wildman–Crippen LogP) is 1.56.